The summed E-state index contributed by atoms with van der Waals surface area (Å²) in [6.45, 7) is 3.59. The first-order valence-electron chi connectivity index (χ1n) is 3.27. The van der Waals surface area contributed by atoms with Crippen molar-refractivity contribution in [3.63, 3.8) is 0 Å². The SMILES string of the molecule is C=C/C=C/c1ccccc1.N. The monoisotopic (exact) mass is 147 g/mol. The van der Waals surface area contributed by atoms with E-state index in [1.807, 2.05) is 30.4 Å². The van der Waals surface area contributed by atoms with E-state index in [0.29, 0.717) is 0 Å². The number of benzene rings is 1. The van der Waals surface area contributed by atoms with Crippen LogP contribution in [0.5, 0.6) is 0 Å². The maximum absolute atomic E-state index is 3.59. The highest BCUT2D eigenvalue weighted by molar-refractivity contribution is 5.50. The Bertz CT molecular complexity index is 224. The highest BCUT2D eigenvalue weighted by atomic mass is 14.0. The van der Waals surface area contributed by atoms with Gasteiger partial charge in [0.05, 0.1) is 0 Å². The minimum atomic E-state index is 0. The van der Waals surface area contributed by atoms with E-state index in [1.165, 1.54) is 5.56 Å². The summed E-state index contributed by atoms with van der Waals surface area (Å²) in [6.07, 6.45) is 5.72. The zero-order chi connectivity index (χ0) is 7.23. The Kier molecular flexibility index (Phi) is 4.78. The first kappa shape index (κ1) is 9.66. The molecule has 0 saturated heterocycles. The van der Waals surface area contributed by atoms with Gasteiger partial charge in [-0.2, -0.15) is 0 Å². The molecule has 1 aromatic rings. The van der Waals surface area contributed by atoms with Crippen LogP contribution in [0.2, 0.25) is 0 Å². The fourth-order valence-electron chi connectivity index (χ4n) is 0.743. The van der Waals surface area contributed by atoms with E-state index in [1.54, 1.807) is 6.08 Å². The third-order valence-electron chi connectivity index (χ3n) is 1.22. The van der Waals surface area contributed by atoms with Crippen LogP contribution in [0.3, 0.4) is 0 Å². The van der Waals surface area contributed by atoms with E-state index in [9.17, 15) is 0 Å². The van der Waals surface area contributed by atoms with Gasteiger partial charge in [0.25, 0.3) is 0 Å². The molecule has 1 rings (SSSR count). The Morgan fingerprint density at radius 3 is 2.27 bits per heavy atom. The molecule has 0 saturated carbocycles. The van der Waals surface area contributed by atoms with Gasteiger partial charge in [-0.05, 0) is 5.56 Å². The lowest BCUT2D eigenvalue weighted by Crippen LogP contribution is -1.65. The summed E-state index contributed by atoms with van der Waals surface area (Å²) in [5.41, 5.74) is 1.21. The molecule has 0 fully saturated rings. The molecule has 0 aromatic heterocycles. The van der Waals surface area contributed by atoms with Crippen LogP contribution >= 0.6 is 0 Å². The van der Waals surface area contributed by atoms with E-state index < -0.39 is 0 Å². The Hall–Kier alpha value is -1.34. The molecule has 0 aliphatic rings. The van der Waals surface area contributed by atoms with Crippen molar-refractivity contribution in [3.8, 4) is 0 Å². The maximum atomic E-state index is 3.59. The number of rotatable bonds is 2. The topological polar surface area (TPSA) is 35.0 Å². The standard InChI is InChI=1S/C10H10.H3N/c1-2-3-7-10-8-5-4-6-9-10;/h2-9H,1H2;1H3/b7-3+;. The molecule has 1 aromatic carbocycles. The van der Waals surface area contributed by atoms with Gasteiger partial charge in [-0.15, -0.1) is 0 Å². The van der Waals surface area contributed by atoms with E-state index in [0.717, 1.165) is 0 Å². The lowest BCUT2D eigenvalue weighted by atomic mass is 10.2. The molecule has 11 heavy (non-hydrogen) atoms. The molecule has 0 unspecified atom stereocenters. The molecule has 3 N–H and O–H groups in total. The molecule has 0 spiro atoms. The van der Waals surface area contributed by atoms with E-state index in [4.69, 9.17) is 0 Å². The van der Waals surface area contributed by atoms with Crippen molar-refractivity contribution in [1.29, 1.82) is 0 Å². The summed E-state index contributed by atoms with van der Waals surface area (Å²) in [6, 6.07) is 10.1. The summed E-state index contributed by atoms with van der Waals surface area (Å²) in [4.78, 5) is 0. The molecular weight excluding hydrogens is 134 g/mol. The summed E-state index contributed by atoms with van der Waals surface area (Å²) in [5, 5.41) is 0. The number of hydrogen-bond acceptors (Lipinski definition) is 1. The van der Waals surface area contributed by atoms with Crippen LogP contribution in [0, 0.1) is 0 Å². The smallest absolute Gasteiger partial charge is 0.0257 e. The van der Waals surface area contributed by atoms with Crippen LogP contribution in [0.15, 0.2) is 49.1 Å². The van der Waals surface area contributed by atoms with Gasteiger partial charge in [-0.25, -0.2) is 0 Å². The first-order chi connectivity index (χ1) is 4.93. The second kappa shape index (κ2) is 5.45. The van der Waals surface area contributed by atoms with Crippen molar-refractivity contribution in [1.82, 2.24) is 6.15 Å². The zero-order valence-electron chi connectivity index (χ0n) is 6.53. The minimum absolute atomic E-state index is 0. The lowest BCUT2D eigenvalue weighted by molar-refractivity contribution is 1.66. The van der Waals surface area contributed by atoms with Gasteiger partial charge in [0.2, 0.25) is 0 Å². The zero-order valence-corrected chi connectivity index (χ0v) is 6.53. The molecule has 0 bridgehead atoms. The second-order valence-electron chi connectivity index (χ2n) is 2.01. The van der Waals surface area contributed by atoms with E-state index in [2.05, 4.69) is 18.7 Å². The van der Waals surface area contributed by atoms with Crippen molar-refractivity contribution in [2.75, 3.05) is 0 Å². The number of hydrogen-bond donors (Lipinski definition) is 1. The Labute approximate surface area is 67.6 Å². The van der Waals surface area contributed by atoms with Crippen LogP contribution in [0.4, 0.5) is 0 Å². The molecule has 0 heterocycles. The van der Waals surface area contributed by atoms with Gasteiger partial charge in [-0.1, -0.05) is 55.1 Å². The van der Waals surface area contributed by atoms with Gasteiger partial charge in [0.15, 0.2) is 0 Å². The molecular formula is C10H13N. The first-order valence-corrected chi connectivity index (χ1v) is 3.27. The van der Waals surface area contributed by atoms with Crippen molar-refractivity contribution in [2.24, 2.45) is 0 Å². The van der Waals surface area contributed by atoms with E-state index in [-0.39, 0.29) is 6.15 Å². The molecule has 1 nitrogen and oxygen atoms in total. The predicted molar refractivity (Wildman–Crippen MR) is 50.7 cm³/mol. The van der Waals surface area contributed by atoms with Crippen molar-refractivity contribution >= 4 is 6.08 Å². The minimum Gasteiger partial charge on any atom is -0.344 e. The molecule has 0 atom stereocenters. The van der Waals surface area contributed by atoms with Crippen molar-refractivity contribution < 1.29 is 0 Å². The Balaban J connectivity index is 0.000001000. The fraction of sp³-hybridized carbons (Fsp3) is 0. The van der Waals surface area contributed by atoms with Crippen LogP contribution < -0.4 is 6.15 Å². The molecule has 58 valence electrons. The summed E-state index contributed by atoms with van der Waals surface area (Å²) >= 11 is 0. The van der Waals surface area contributed by atoms with Gasteiger partial charge < -0.3 is 6.15 Å². The van der Waals surface area contributed by atoms with Crippen LogP contribution in [0.25, 0.3) is 6.08 Å². The number of allylic oxidation sites excluding steroid dienone is 2. The molecule has 0 radical (unpaired) electrons. The summed E-state index contributed by atoms with van der Waals surface area (Å²) in [5.74, 6) is 0. The Morgan fingerprint density at radius 1 is 1.09 bits per heavy atom. The average molecular weight is 147 g/mol. The fourth-order valence-corrected chi connectivity index (χ4v) is 0.743. The predicted octanol–water partition coefficient (Wildman–Crippen LogP) is 3.05. The maximum Gasteiger partial charge on any atom is -0.0257 e. The van der Waals surface area contributed by atoms with Crippen LogP contribution in [-0.2, 0) is 0 Å². The normalized spacial score (nSPS) is 9.09. The van der Waals surface area contributed by atoms with Gasteiger partial charge in [0.1, 0.15) is 0 Å². The quantitative estimate of drug-likeness (QED) is 0.641. The van der Waals surface area contributed by atoms with Gasteiger partial charge in [-0.3, -0.25) is 0 Å². The average Bonchev–Trinajstić information content (AvgIpc) is 2.03. The third kappa shape index (κ3) is 3.38. The van der Waals surface area contributed by atoms with Crippen molar-refractivity contribution in [3.05, 3.63) is 54.6 Å². The molecule has 1 heteroatoms. The molecule has 0 aliphatic carbocycles. The highest BCUT2D eigenvalue weighted by Crippen LogP contribution is 1.99. The highest BCUT2D eigenvalue weighted by Gasteiger charge is 1.78. The van der Waals surface area contributed by atoms with Crippen LogP contribution in [0.1, 0.15) is 5.56 Å². The van der Waals surface area contributed by atoms with Crippen LogP contribution in [-0.4, -0.2) is 0 Å². The Morgan fingerprint density at radius 2 is 1.73 bits per heavy atom. The summed E-state index contributed by atoms with van der Waals surface area (Å²) < 4.78 is 0. The van der Waals surface area contributed by atoms with Gasteiger partial charge in [0, 0.05) is 0 Å². The third-order valence-corrected chi connectivity index (χ3v) is 1.22. The molecule has 0 aliphatic heterocycles. The van der Waals surface area contributed by atoms with Crippen molar-refractivity contribution in [2.45, 2.75) is 0 Å². The second-order valence-corrected chi connectivity index (χ2v) is 2.01. The van der Waals surface area contributed by atoms with Gasteiger partial charge >= 0.3 is 0 Å². The van der Waals surface area contributed by atoms with E-state index >= 15 is 0 Å². The lowest BCUT2D eigenvalue weighted by Gasteiger charge is -1.87. The molecule has 0 amide bonds. The summed E-state index contributed by atoms with van der Waals surface area (Å²) in [7, 11) is 0. The largest absolute Gasteiger partial charge is 0.344 e.